The summed E-state index contributed by atoms with van der Waals surface area (Å²) in [7, 11) is 1.70. The normalized spacial score (nSPS) is 10.7. The average Bonchev–Trinajstić information content (AvgIpc) is 3.01. The van der Waals surface area contributed by atoms with Crippen LogP contribution in [0.5, 0.6) is 0 Å². The Morgan fingerprint density at radius 2 is 2.00 bits per heavy atom. The lowest BCUT2D eigenvalue weighted by Crippen LogP contribution is -2.41. The maximum atomic E-state index is 11.9. The van der Waals surface area contributed by atoms with E-state index in [1.807, 2.05) is 25.1 Å². The Bertz CT molecular complexity index is 661. The van der Waals surface area contributed by atoms with Gasteiger partial charge in [-0.3, -0.25) is 14.8 Å². The van der Waals surface area contributed by atoms with Crippen LogP contribution in [0.4, 0.5) is 0 Å². The second-order valence-electron chi connectivity index (χ2n) is 4.70. The molecule has 0 atom stereocenters. The van der Waals surface area contributed by atoms with Gasteiger partial charge in [0.2, 0.25) is 0 Å². The van der Waals surface area contributed by atoms with Gasteiger partial charge in [0.1, 0.15) is 4.88 Å². The minimum absolute atomic E-state index is 0. The van der Waals surface area contributed by atoms with Crippen LogP contribution in [0.2, 0.25) is 0 Å². The van der Waals surface area contributed by atoms with Gasteiger partial charge in [-0.1, -0.05) is 6.07 Å². The predicted molar refractivity (Wildman–Crippen MR) is 107 cm³/mol. The molecule has 2 heterocycles. The van der Waals surface area contributed by atoms with Crippen LogP contribution < -0.4 is 16.0 Å². The third-order valence-electron chi connectivity index (χ3n) is 3.04. The Balaban J connectivity index is 0.00000288. The Morgan fingerprint density at radius 1 is 1.21 bits per heavy atom. The van der Waals surface area contributed by atoms with Gasteiger partial charge < -0.3 is 16.0 Å². The molecule has 0 radical (unpaired) electrons. The molecule has 0 spiro atoms. The summed E-state index contributed by atoms with van der Waals surface area (Å²) >= 11 is 1.35. The van der Waals surface area contributed by atoms with Crippen molar-refractivity contribution in [1.82, 2.24) is 25.9 Å². The fourth-order valence-corrected chi connectivity index (χ4v) is 2.57. The van der Waals surface area contributed by atoms with Crippen molar-refractivity contribution in [3.63, 3.8) is 0 Å². The fourth-order valence-electron chi connectivity index (χ4n) is 1.85. The van der Waals surface area contributed by atoms with Gasteiger partial charge in [0.15, 0.2) is 5.96 Å². The molecule has 130 valence electrons. The van der Waals surface area contributed by atoms with Crippen LogP contribution in [0.3, 0.4) is 0 Å². The third kappa shape index (κ3) is 6.40. The minimum atomic E-state index is -0.0942. The maximum Gasteiger partial charge on any atom is 0.263 e. The molecule has 0 aromatic carbocycles. The summed E-state index contributed by atoms with van der Waals surface area (Å²) in [6.07, 6.45) is 1.75. The zero-order chi connectivity index (χ0) is 16.5. The Morgan fingerprint density at radius 3 is 2.62 bits per heavy atom. The number of guanidine groups is 1. The number of aryl methyl sites for hydroxylation is 1. The first-order chi connectivity index (χ1) is 11.2. The van der Waals surface area contributed by atoms with Crippen LogP contribution in [-0.4, -0.2) is 42.0 Å². The van der Waals surface area contributed by atoms with E-state index < -0.39 is 0 Å². The second kappa shape index (κ2) is 10.9. The molecular weight excluding hydrogens is 439 g/mol. The van der Waals surface area contributed by atoms with Gasteiger partial charge in [-0.05, 0) is 19.1 Å². The number of aromatic nitrogens is 2. The van der Waals surface area contributed by atoms with E-state index in [9.17, 15) is 4.79 Å². The number of thiazole rings is 1. The molecule has 0 saturated heterocycles. The Hall–Kier alpha value is -1.75. The molecule has 7 nitrogen and oxygen atoms in total. The Kier molecular flexibility index (Phi) is 9.23. The smallest absolute Gasteiger partial charge is 0.263 e. The predicted octanol–water partition coefficient (Wildman–Crippen LogP) is 1.56. The number of carbonyl (C=O) groups excluding carboxylic acids is 1. The number of hydrogen-bond donors (Lipinski definition) is 3. The Labute approximate surface area is 162 Å². The molecule has 0 aliphatic carbocycles. The van der Waals surface area contributed by atoms with E-state index in [1.54, 1.807) is 18.8 Å². The third-order valence-corrected chi connectivity index (χ3v) is 3.97. The van der Waals surface area contributed by atoms with Crippen molar-refractivity contribution in [2.75, 3.05) is 20.1 Å². The lowest BCUT2D eigenvalue weighted by atomic mass is 10.3. The lowest BCUT2D eigenvalue weighted by molar-refractivity contribution is 0.0957. The van der Waals surface area contributed by atoms with Gasteiger partial charge in [-0.2, -0.15) is 0 Å². The number of pyridine rings is 1. The zero-order valence-electron chi connectivity index (χ0n) is 13.6. The molecule has 3 N–H and O–H groups in total. The number of aliphatic imine (C=N–C) groups is 1. The molecule has 1 amide bonds. The molecule has 0 unspecified atom stereocenters. The van der Waals surface area contributed by atoms with Crippen molar-refractivity contribution in [3.05, 3.63) is 46.2 Å². The first-order valence-electron chi connectivity index (χ1n) is 7.23. The van der Waals surface area contributed by atoms with Crippen LogP contribution in [0.1, 0.15) is 21.1 Å². The molecule has 9 heteroatoms. The number of amides is 1. The summed E-state index contributed by atoms with van der Waals surface area (Å²) in [4.78, 5) is 25.0. The van der Waals surface area contributed by atoms with Gasteiger partial charge in [-0.25, -0.2) is 4.98 Å². The number of hydrogen-bond acceptors (Lipinski definition) is 5. The summed E-state index contributed by atoms with van der Waals surface area (Å²) < 4.78 is 0. The van der Waals surface area contributed by atoms with Crippen molar-refractivity contribution in [2.24, 2.45) is 4.99 Å². The van der Waals surface area contributed by atoms with Crippen LogP contribution in [-0.2, 0) is 6.54 Å². The fraction of sp³-hybridized carbons (Fsp3) is 0.333. The molecule has 2 rings (SSSR count). The van der Waals surface area contributed by atoms with E-state index in [-0.39, 0.29) is 29.9 Å². The van der Waals surface area contributed by atoms with Gasteiger partial charge in [0.05, 0.1) is 23.4 Å². The molecular formula is C15H21IN6OS. The van der Waals surface area contributed by atoms with Gasteiger partial charge in [0, 0.05) is 26.3 Å². The molecule has 0 aliphatic rings. The lowest BCUT2D eigenvalue weighted by Gasteiger charge is -2.12. The summed E-state index contributed by atoms with van der Waals surface area (Å²) in [6.45, 7) is 3.49. The molecule has 0 aliphatic heterocycles. The quantitative estimate of drug-likeness (QED) is 0.264. The van der Waals surface area contributed by atoms with E-state index in [1.165, 1.54) is 11.3 Å². The van der Waals surface area contributed by atoms with Crippen molar-refractivity contribution in [1.29, 1.82) is 0 Å². The van der Waals surface area contributed by atoms with Crippen molar-refractivity contribution in [2.45, 2.75) is 13.5 Å². The SMILES string of the molecule is CN=C(NCCNC(=O)c1scnc1C)NCc1ccccn1.I. The molecule has 0 saturated carbocycles. The summed E-state index contributed by atoms with van der Waals surface area (Å²) in [5, 5.41) is 9.16. The second-order valence-corrected chi connectivity index (χ2v) is 5.55. The van der Waals surface area contributed by atoms with E-state index in [2.05, 4.69) is 30.9 Å². The van der Waals surface area contributed by atoms with Crippen molar-refractivity contribution >= 4 is 47.2 Å². The number of nitrogens with one attached hydrogen (secondary N) is 3. The molecule has 24 heavy (non-hydrogen) atoms. The molecule has 2 aromatic rings. The molecule has 0 bridgehead atoms. The number of carbonyl (C=O) groups is 1. The maximum absolute atomic E-state index is 11.9. The van der Waals surface area contributed by atoms with Gasteiger partial charge >= 0.3 is 0 Å². The van der Waals surface area contributed by atoms with Crippen LogP contribution in [0.15, 0.2) is 34.9 Å². The van der Waals surface area contributed by atoms with Crippen molar-refractivity contribution in [3.8, 4) is 0 Å². The first-order valence-corrected chi connectivity index (χ1v) is 8.11. The number of nitrogens with zero attached hydrogens (tertiary/aromatic N) is 3. The highest BCUT2D eigenvalue weighted by Crippen LogP contribution is 2.10. The molecule has 0 fully saturated rings. The molecule has 2 aromatic heterocycles. The topological polar surface area (TPSA) is 91.3 Å². The van der Waals surface area contributed by atoms with Gasteiger partial charge in [-0.15, -0.1) is 35.3 Å². The van der Waals surface area contributed by atoms with E-state index >= 15 is 0 Å². The number of halogens is 1. The highest BCUT2D eigenvalue weighted by atomic mass is 127. The standard InChI is InChI=1S/C15H20N6OS.HI/c1-11-13(23-10-21-11)14(22)18-7-8-19-15(16-2)20-9-12-5-3-4-6-17-12;/h3-6,10H,7-9H2,1-2H3,(H,18,22)(H2,16,19,20);1H. The highest BCUT2D eigenvalue weighted by Gasteiger charge is 2.10. The van der Waals surface area contributed by atoms with E-state index in [0.29, 0.717) is 30.5 Å². The minimum Gasteiger partial charge on any atom is -0.355 e. The summed E-state index contributed by atoms with van der Waals surface area (Å²) in [5.41, 5.74) is 3.36. The van der Waals surface area contributed by atoms with E-state index in [4.69, 9.17) is 0 Å². The van der Waals surface area contributed by atoms with Crippen LogP contribution in [0, 0.1) is 6.92 Å². The largest absolute Gasteiger partial charge is 0.355 e. The van der Waals surface area contributed by atoms with Crippen LogP contribution in [0.25, 0.3) is 0 Å². The van der Waals surface area contributed by atoms with Gasteiger partial charge in [0.25, 0.3) is 5.91 Å². The summed E-state index contributed by atoms with van der Waals surface area (Å²) in [6, 6.07) is 5.76. The monoisotopic (exact) mass is 460 g/mol. The summed E-state index contributed by atoms with van der Waals surface area (Å²) in [5.74, 6) is 0.571. The average molecular weight is 460 g/mol. The van der Waals surface area contributed by atoms with Crippen molar-refractivity contribution < 1.29 is 4.79 Å². The van der Waals surface area contributed by atoms with Crippen LogP contribution >= 0.6 is 35.3 Å². The van der Waals surface area contributed by atoms with E-state index in [0.717, 1.165) is 11.4 Å². The number of rotatable bonds is 6. The first kappa shape index (κ1) is 20.3. The zero-order valence-corrected chi connectivity index (χ0v) is 16.7. The highest BCUT2D eigenvalue weighted by molar-refractivity contribution is 14.0.